The third kappa shape index (κ3) is 4.42. The van der Waals surface area contributed by atoms with Crippen LogP contribution in [0, 0.1) is 0 Å². The average Bonchev–Trinajstić information content (AvgIpc) is 2.93. The highest BCUT2D eigenvalue weighted by Gasteiger charge is 2.11. The average molecular weight is 470 g/mol. The molecule has 6 rings (SSSR count). The van der Waals surface area contributed by atoms with Crippen molar-refractivity contribution >= 4 is 22.4 Å². The third-order valence-electron chi connectivity index (χ3n) is 6.06. The normalized spacial score (nSPS) is 11.0. The van der Waals surface area contributed by atoms with Crippen LogP contribution in [0.5, 0.6) is 0 Å². The molecule has 6 aromatic rings. The fraction of sp³-hybridized carbons (Fsp3) is 0. The summed E-state index contributed by atoms with van der Waals surface area (Å²) in [5, 5.41) is 2.63. The van der Waals surface area contributed by atoms with E-state index in [-0.39, 0.29) is 5.28 Å². The Morgan fingerprint density at radius 1 is 0.371 bits per heavy atom. The van der Waals surface area contributed by atoms with Crippen LogP contribution in [0.4, 0.5) is 0 Å². The van der Waals surface area contributed by atoms with Gasteiger partial charge in [-0.05, 0) is 56.8 Å². The zero-order valence-corrected chi connectivity index (χ0v) is 19.5. The predicted molar refractivity (Wildman–Crippen MR) is 144 cm³/mol. The van der Waals surface area contributed by atoms with Crippen molar-refractivity contribution in [3.05, 3.63) is 127 Å². The van der Waals surface area contributed by atoms with Gasteiger partial charge in [-0.25, -0.2) is 4.98 Å². The molecule has 0 bridgehead atoms. The van der Waals surface area contributed by atoms with Gasteiger partial charge < -0.3 is 0 Å². The maximum atomic E-state index is 6.33. The van der Waals surface area contributed by atoms with Crippen molar-refractivity contribution in [2.45, 2.75) is 0 Å². The van der Waals surface area contributed by atoms with E-state index in [0.29, 0.717) is 11.6 Å². The zero-order chi connectivity index (χ0) is 23.6. The Morgan fingerprint density at radius 3 is 1.71 bits per heavy atom. The molecule has 0 aliphatic rings. The minimum Gasteiger partial charge on any atom is -0.208 e. The lowest BCUT2D eigenvalue weighted by molar-refractivity contribution is 1.07. The lowest BCUT2D eigenvalue weighted by Gasteiger charge is -2.08. The van der Waals surface area contributed by atoms with Crippen LogP contribution in [0.25, 0.3) is 55.8 Å². The molecule has 1 aromatic heterocycles. The lowest BCUT2D eigenvalue weighted by atomic mass is 10.00. The first-order valence-corrected chi connectivity index (χ1v) is 11.8. The number of benzene rings is 5. The van der Waals surface area contributed by atoms with E-state index in [1.165, 1.54) is 16.3 Å². The van der Waals surface area contributed by atoms with Gasteiger partial charge in [0.05, 0.1) is 0 Å². The fourth-order valence-corrected chi connectivity index (χ4v) is 4.42. The summed E-state index contributed by atoms with van der Waals surface area (Å²) in [6.45, 7) is 0. The number of fused-ring (bicyclic) bond motifs is 1. The number of rotatable bonds is 4. The summed E-state index contributed by atoms with van der Waals surface area (Å²) in [6, 6.07) is 41.5. The first-order chi connectivity index (χ1) is 17.2. The lowest BCUT2D eigenvalue weighted by Crippen LogP contribution is -1.97. The second-order valence-corrected chi connectivity index (χ2v) is 8.68. The molecule has 0 unspecified atom stereocenters. The highest BCUT2D eigenvalue weighted by molar-refractivity contribution is 6.28. The molecule has 166 valence electrons. The maximum Gasteiger partial charge on any atom is 0.226 e. The Hall–Kier alpha value is -4.34. The number of aromatic nitrogens is 3. The van der Waals surface area contributed by atoms with Crippen molar-refractivity contribution in [3.63, 3.8) is 0 Å². The quantitative estimate of drug-likeness (QED) is 0.260. The topological polar surface area (TPSA) is 38.7 Å². The Bertz CT molecular complexity index is 1640. The second kappa shape index (κ2) is 9.13. The fourth-order valence-electron chi connectivity index (χ4n) is 4.26. The molecule has 1 heterocycles. The highest BCUT2D eigenvalue weighted by atomic mass is 35.5. The molecule has 0 spiro atoms. The van der Waals surface area contributed by atoms with Crippen LogP contribution in [0.1, 0.15) is 0 Å². The summed E-state index contributed by atoms with van der Waals surface area (Å²) in [4.78, 5) is 13.5. The van der Waals surface area contributed by atoms with Crippen LogP contribution >= 0.6 is 11.6 Å². The van der Waals surface area contributed by atoms with E-state index < -0.39 is 0 Å². The Labute approximate surface area is 208 Å². The molecule has 0 aliphatic carbocycles. The van der Waals surface area contributed by atoms with Crippen molar-refractivity contribution in [2.24, 2.45) is 0 Å². The third-order valence-corrected chi connectivity index (χ3v) is 6.23. The SMILES string of the molecule is Clc1nc(-c2ccc(-c3ccc4ccccc4c3)cc2)nc(-c2cccc(-c3ccccc3)c2)n1. The largest absolute Gasteiger partial charge is 0.226 e. The smallest absolute Gasteiger partial charge is 0.208 e. The van der Waals surface area contributed by atoms with Crippen molar-refractivity contribution in [1.82, 2.24) is 15.0 Å². The standard InChI is InChI=1S/C31H20ClN3/c32-31-34-29(33-30(35-31)28-12-6-11-26(20-28)21-7-2-1-3-8-21)24-16-13-23(14-17-24)27-18-15-22-9-4-5-10-25(22)19-27/h1-20H. The van der Waals surface area contributed by atoms with Crippen LogP contribution in [0.3, 0.4) is 0 Å². The van der Waals surface area contributed by atoms with Gasteiger partial charge in [-0.3, -0.25) is 0 Å². The highest BCUT2D eigenvalue weighted by Crippen LogP contribution is 2.29. The van der Waals surface area contributed by atoms with Crippen LogP contribution in [0.2, 0.25) is 5.28 Å². The van der Waals surface area contributed by atoms with Gasteiger partial charge in [-0.15, -0.1) is 0 Å². The van der Waals surface area contributed by atoms with Gasteiger partial charge >= 0.3 is 0 Å². The van der Waals surface area contributed by atoms with Gasteiger partial charge in [-0.1, -0.05) is 109 Å². The van der Waals surface area contributed by atoms with Crippen LogP contribution in [-0.2, 0) is 0 Å². The van der Waals surface area contributed by atoms with E-state index in [0.717, 1.165) is 27.8 Å². The first-order valence-electron chi connectivity index (χ1n) is 11.4. The van der Waals surface area contributed by atoms with Crippen molar-refractivity contribution in [2.75, 3.05) is 0 Å². The van der Waals surface area contributed by atoms with Crippen LogP contribution in [0.15, 0.2) is 121 Å². The van der Waals surface area contributed by atoms with E-state index in [4.69, 9.17) is 16.6 Å². The number of hydrogen-bond acceptors (Lipinski definition) is 3. The zero-order valence-electron chi connectivity index (χ0n) is 18.8. The molecule has 5 aromatic carbocycles. The second-order valence-electron chi connectivity index (χ2n) is 8.34. The summed E-state index contributed by atoms with van der Waals surface area (Å²) in [7, 11) is 0. The minimum atomic E-state index is 0.175. The molecule has 0 saturated heterocycles. The van der Waals surface area contributed by atoms with Gasteiger partial charge in [0.2, 0.25) is 5.28 Å². The summed E-state index contributed by atoms with van der Waals surface area (Å²) >= 11 is 6.33. The van der Waals surface area contributed by atoms with Crippen molar-refractivity contribution in [1.29, 1.82) is 0 Å². The van der Waals surface area contributed by atoms with Crippen molar-refractivity contribution < 1.29 is 0 Å². The molecule has 35 heavy (non-hydrogen) atoms. The number of halogens is 1. The van der Waals surface area contributed by atoms with E-state index in [1.54, 1.807) is 0 Å². The summed E-state index contributed by atoms with van der Waals surface area (Å²) in [5.74, 6) is 1.10. The maximum absolute atomic E-state index is 6.33. The molecule has 0 amide bonds. The molecule has 0 N–H and O–H groups in total. The molecular formula is C31H20ClN3. The van der Waals surface area contributed by atoms with Crippen LogP contribution in [-0.4, -0.2) is 15.0 Å². The molecule has 4 heteroatoms. The van der Waals surface area contributed by atoms with E-state index in [9.17, 15) is 0 Å². The minimum absolute atomic E-state index is 0.175. The molecule has 0 aliphatic heterocycles. The molecule has 0 radical (unpaired) electrons. The Kier molecular flexibility index (Phi) is 5.53. The Balaban J connectivity index is 1.34. The van der Waals surface area contributed by atoms with Gasteiger partial charge in [-0.2, -0.15) is 9.97 Å². The number of hydrogen-bond donors (Lipinski definition) is 0. The summed E-state index contributed by atoms with van der Waals surface area (Å²) in [5.41, 5.74) is 6.32. The summed E-state index contributed by atoms with van der Waals surface area (Å²) < 4.78 is 0. The van der Waals surface area contributed by atoms with E-state index >= 15 is 0 Å². The summed E-state index contributed by atoms with van der Waals surface area (Å²) in [6.07, 6.45) is 0. The van der Waals surface area contributed by atoms with Crippen molar-refractivity contribution in [3.8, 4) is 45.0 Å². The van der Waals surface area contributed by atoms with Gasteiger partial charge in [0.25, 0.3) is 0 Å². The van der Waals surface area contributed by atoms with Gasteiger partial charge in [0, 0.05) is 11.1 Å². The molecule has 0 fully saturated rings. The van der Waals surface area contributed by atoms with E-state index in [1.807, 2.05) is 42.5 Å². The van der Waals surface area contributed by atoms with Crippen LogP contribution < -0.4 is 0 Å². The number of nitrogens with zero attached hydrogens (tertiary/aromatic N) is 3. The van der Waals surface area contributed by atoms with Gasteiger partial charge in [0.1, 0.15) is 0 Å². The van der Waals surface area contributed by atoms with E-state index in [2.05, 4.69) is 88.8 Å². The van der Waals surface area contributed by atoms with Gasteiger partial charge in [0.15, 0.2) is 11.6 Å². The Morgan fingerprint density at radius 2 is 0.914 bits per heavy atom. The first kappa shape index (κ1) is 21.2. The molecule has 0 atom stereocenters. The molecule has 0 saturated carbocycles. The predicted octanol–water partition coefficient (Wildman–Crippen LogP) is 8.35. The monoisotopic (exact) mass is 469 g/mol. The molecule has 3 nitrogen and oxygen atoms in total. The molecular weight excluding hydrogens is 450 g/mol.